The molecule has 0 saturated carbocycles. The molecule has 4 aromatic rings. The van der Waals surface area contributed by atoms with Crippen LogP contribution in [0.2, 0.25) is 5.02 Å². The number of aliphatic hydroxyl groups excluding tert-OH is 1. The van der Waals surface area contributed by atoms with E-state index in [0.717, 1.165) is 16.3 Å². The van der Waals surface area contributed by atoms with Crippen molar-refractivity contribution in [2.45, 2.75) is 12.5 Å². The van der Waals surface area contributed by atoms with Gasteiger partial charge in [0.25, 0.3) is 11.5 Å². The third kappa shape index (κ3) is 5.36. The maximum absolute atomic E-state index is 13.9. The molecule has 7 nitrogen and oxygen atoms in total. The summed E-state index contributed by atoms with van der Waals surface area (Å²) in [5, 5.41) is 17.4. The van der Waals surface area contributed by atoms with Gasteiger partial charge in [-0.2, -0.15) is 9.78 Å². The molecule has 2 N–H and O–H groups in total. The summed E-state index contributed by atoms with van der Waals surface area (Å²) >= 11 is 5.98. The molecule has 0 saturated heterocycles. The minimum absolute atomic E-state index is 0.172. The van der Waals surface area contributed by atoms with Crippen molar-refractivity contribution >= 4 is 17.5 Å². The van der Waals surface area contributed by atoms with Crippen molar-refractivity contribution < 1.29 is 14.3 Å². The first-order valence-electron chi connectivity index (χ1n) is 10.4. The van der Waals surface area contributed by atoms with E-state index in [1.54, 1.807) is 48.8 Å². The molecule has 0 aliphatic carbocycles. The number of benzene rings is 2. The van der Waals surface area contributed by atoms with Crippen LogP contribution in [0, 0.1) is 5.82 Å². The Morgan fingerprint density at radius 3 is 2.50 bits per heavy atom. The third-order valence-electron chi connectivity index (χ3n) is 5.14. The number of pyridine rings is 1. The molecule has 172 valence electrons. The average Bonchev–Trinajstić information content (AvgIpc) is 2.85. The Balaban J connectivity index is 1.75. The molecule has 0 spiro atoms. The second kappa shape index (κ2) is 10.4. The van der Waals surface area contributed by atoms with Gasteiger partial charge in [0.05, 0.1) is 24.0 Å². The van der Waals surface area contributed by atoms with Crippen LogP contribution in [0.25, 0.3) is 16.9 Å². The Morgan fingerprint density at radius 2 is 1.82 bits per heavy atom. The van der Waals surface area contributed by atoms with Crippen LogP contribution in [-0.2, 0) is 6.42 Å². The summed E-state index contributed by atoms with van der Waals surface area (Å²) in [4.78, 5) is 30.3. The number of carbonyl (C=O) groups is 1. The van der Waals surface area contributed by atoms with E-state index in [1.165, 1.54) is 24.3 Å². The van der Waals surface area contributed by atoms with Gasteiger partial charge in [0.2, 0.25) is 0 Å². The van der Waals surface area contributed by atoms with Crippen molar-refractivity contribution in [3.8, 4) is 16.9 Å². The van der Waals surface area contributed by atoms with Crippen molar-refractivity contribution in [2.24, 2.45) is 0 Å². The Bertz CT molecular complexity index is 1360. The van der Waals surface area contributed by atoms with Gasteiger partial charge in [-0.15, -0.1) is 0 Å². The zero-order valence-electron chi connectivity index (χ0n) is 17.9. The number of hydrogen-bond donors (Lipinski definition) is 2. The lowest BCUT2D eigenvalue weighted by Crippen LogP contribution is -2.42. The van der Waals surface area contributed by atoms with Gasteiger partial charge in [-0.25, -0.2) is 4.39 Å². The molecular weight excluding hydrogens is 459 g/mol. The first kappa shape index (κ1) is 23.3. The van der Waals surface area contributed by atoms with Crippen molar-refractivity contribution in [3.05, 3.63) is 111 Å². The molecule has 0 fully saturated rings. The zero-order valence-corrected chi connectivity index (χ0v) is 18.6. The fourth-order valence-electron chi connectivity index (χ4n) is 3.43. The third-order valence-corrected chi connectivity index (χ3v) is 5.39. The highest BCUT2D eigenvalue weighted by atomic mass is 35.5. The largest absolute Gasteiger partial charge is 0.394 e. The Hall–Kier alpha value is -3.88. The second-order valence-electron chi connectivity index (χ2n) is 7.56. The van der Waals surface area contributed by atoms with Crippen LogP contribution >= 0.6 is 11.6 Å². The molecule has 4 rings (SSSR count). The molecule has 34 heavy (non-hydrogen) atoms. The van der Waals surface area contributed by atoms with Gasteiger partial charge in [-0.3, -0.25) is 14.6 Å². The summed E-state index contributed by atoms with van der Waals surface area (Å²) in [7, 11) is 0. The second-order valence-corrected chi connectivity index (χ2v) is 8.00. The predicted molar refractivity (Wildman–Crippen MR) is 127 cm³/mol. The maximum atomic E-state index is 13.9. The molecular formula is C25H20ClFN4O3. The molecule has 0 radical (unpaired) electrons. The lowest BCUT2D eigenvalue weighted by atomic mass is 10.1. The van der Waals surface area contributed by atoms with Crippen LogP contribution in [0.4, 0.5) is 4.39 Å². The highest BCUT2D eigenvalue weighted by molar-refractivity contribution is 6.30. The molecule has 0 aliphatic heterocycles. The Kier molecular flexibility index (Phi) is 7.10. The van der Waals surface area contributed by atoms with E-state index in [0.29, 0.717) is 22.7 Å². The molecule has 0 aliphatic rings. The minimum Gasteiger partial charge on any atom is -0.394 e. The molecule has 2 aromatic heterocycles. The smallest absolute Gasteiger partial charge is 0.284 e. The summed E-state index contributed by atoms with van der Waals surface area (Å²) in [5.74, 6) is -1.23. The fraction of sp³-hybridized carbons (Fsp3) is 0.120. The molecule has 0 bridgehead atoms. The van der Waals surface area contributed by atoms with E-state index >= 15 is 0 Å². The fourth-order valence-corrected chi connectivity index (χ4v) is 3.56. The lowest BCUT2D eigenvalue weighted by molar-refractivity contribution is 0.0914. The first-order chi connectivity index (χ1) is 16.4. The van der Waals surface area contributed by atoms with E-state index in [1.807, 2.05) is 0 Å². The highest BCUT2D eigenvalue weighted by Gasteiger charge is 2.20. The van der Waals surface area contributed by atoms with Crippen molar-refractivity contribution in [3.63, 3.8) is 0 Å². The Labute approximate surface area is 199 Å². The summed E-state index contributed by atoms with van der Waals surface area (Å²) in [5.41, 5.74) is 1.05. The average molecular weight is 479 g/mol. The summed E-state index contributed by atoms with van der Waals surface area (Å²) in [6, 6.07) is 16.4. The summed E-state index contributed by atoms with van der Waals surface area (Å²) in [6.45, 7) is -0.332. The summed E-state index contributed by atoms with van der Waals surface area (Å²) in [6.07, 6.45) is 3.58. The van der Waals surface area contributed by atoms with Crippen molar-refractivity contribution in [1.29, 1.82) is 0 Å². The number of carbonyl (C=O) groups excluding carboxylic acids is 1. The van der Waals surface area contributed by atoms with Crippen LogP contribution in [0.1, 0.15) is 15.9 Å². The molecule has 1 amide bonds. The van der Waals surface area contributed by atoms with Gasteiger partial charge in [0, 0.05) is 23.0 Å². The Morgan fingerprint density at radius 1 is 1.09 bits per heavy atom. The van der Waals surface area contributed by atoms with Crippen LogP contribution in [0.3, 0.4) is 0 Å². The molecule has 1 atom stereocenters. The normalized spacial score (nSPS) is 11.7. The topological polar surface area (TPSA) is 97.1 Å². The zero-order chi connectivity index (χ0) is 24.1. The van der Waals surface area contributed by atoms with E-state index in [4.69, 9.17) is 11.6 Å². The van der Waals surface area contributed by atoms with Gasteiger partial charge in [0.15, 0.2) is 0 Å². The van der Waals surface area contributed by atoms with Crippen molar-refractivity contribution in [1.82, 2.24) is 20.1 Å². The van der Waals surface area contributed by atoms with Crippen LogP contribution in [-0.4, -0.2) is 38.4 Å². The number of nitrogens with zero attached hydrogens (tertiary/aromatic N) is 3. The van der Waals surface area contributed by atoms with Gasteiger partial charge in [0.1, 0.15) is 11.4 Å². The maximum Gasteiger partial charge on any atom is 0.284 e. The highest BCUT2D eigenvalue weighted by Crippen LogP contribution is 2.20. The van der Waals surface area contributed by atoms with Gasteiger partial charge < -0.3 is 10.4 Å². The van der Waals surface area contributed by atoms with E-state index in [9.17, 15) is 19.1 Å². The number of nitrogens with one attached hydrogen (secondary N) is 1. The molecule has 9 heteroatoms. The number of rotatable bonds is 7. The van der Waals surface area contributed by atoms with Gasteiger partial charge in [-0.05, 0) is 60.5 Å². The van der Waals surface area contributed by atoms with Crippen molar-refractivity contribution in [2.75, 3.05) is 6.61 Å². The lowest BCUT2D eigenvalue weighted by Gasteiger charge is -2.17. The van der Waals surface area contributed by atoms with E-state index < -0.39 is 23.3 Å². The minimum atomic E-state index is -0.721. The standard InChI is InChI=1S/C25H20ClFN4O3/c26-18-6-4-17(5-7-18)23-14-22(25(34)31(30-23)21-3-1-2-19(27)13-21)24(33)29-20(15-32)12-16-8-10-28-11-9-16/h1-11,13-14,20,32H,12,15H2,(H,29,33)/t20-/m1/s1. The SMILES string of the molecule is O=C(N[C@@H](CO)Cc1ccncc1)c1cc(-c2ccc(Cl)cc2)nn(-c2cccc(F)c2)c1=O. The molecule has 2 aromatic carbocycles. The predicted octanol–water partition coefficient (Wildman–Crippen LogP) is 3.42. The first-order valence-corrected chi connectivity index (χ1v) is 10.8. The van der Waals surface area contributed by atoms with Gasteiger partial charge >= 0.3 is 0 Å². The molecule has 2 heterocycles. The van der Waals surface area contributed by atoms with Crippen LogP contribution in [0.15, 0.2) is 83.9 Å². The number of halogens is 2. The van der Waals surface area contributed by atoms with Crippen LogP contribution in [0.5, 0.6) is 0 Å². The van der Waals surface area contributed by atoms with E-state index in [2.05, 4.69) is 15.4 Å². The quantitative estimate of drug-likeness (QED) is 0.424. The van der Waals surface area contributed by atoms with Gasteiger partial charge in [-0.1, -0.05) is 29.8 Å². The monoisotopic (exact) mass is 478 g/mol. The van der Waals surface area contributed by atoms with E-state index in [-0.39, 0.29) is 17.9 Å². The number of amides is 1. The number of aromatic nitrogens is 3. The summed E-state index contributed by atoms with van der Waals surface area (Å²) < 4.78 is 14.9. The molecule has 0 unspecified atom stereocenters. The number of aliphatic hydroxyl groups is 1. The van der Waals surface area contributed by atoms with Crippen LogP contribution < -0.4 is 10.9 Å². The number of hydrogen-bond acceptors (Lipinski definition) is 5.